The van der Waals surface area contributed by atoms with Crippen LogP contribution in [0, 0.1) is 11.3 Å². The summed E-state index contributed by atoms with van der Waals surface area (Å²) < 4.78 is 10.9. The van der Waals surface area contributed by atoms with E-state index in [2.05, 4.69) is 18.3 Å². The van der Waals surface area contributed by atoms with Crippen LogP contribution in [-0.2, 0) is 0 Å². The second-order valence-corrected chi connectivity index (χ2v) is 3.88. The zero-order valence-electron chi connectivity index (χ0n) is 11.2. The molecule has 4 heteroatoms. The summed E-state index contributed by atoms with van der Waals surface area (Å²) in [6.45, 7) is 5.43. The Bertz CT molecular complexity index is 413. The number of methoxy groups -OCH3 is 1. The average molecular weight is 248 g/mol. The summed E-state index contributed by atoms with van der Waals surface area (Å²) in [5.41, 5.74) is 0.889. The third kappa shape index (κ3) is 3.64. The monoisotopic (exact) mass is 248 g/mol. The maximum atomic E-state index is 9.10. The van der Waals surface area contributed by atoms with Gasteiger partial charge in [0.2, 0.25) is 0 Å². The van der Waals surface area contributed by atoms with Gasteiger partial charge in [-0.3, -0.25) is 5.32 Å². The number of hydrogen-bond acceptors (Lipinski definition) is 4. The van der Waals surface area contributed by atoms with Crippen molar-refractivity contribution in [3.63, 3.8) is 0 Å². The first-order valence-corrected chi connectivity index (χ1v) is 6.20. The number of hydrogen-bond donors (Lipinski definition) is 1. The van der Waals surface area contributed by atoms with Gasteiger partial charge in [0.1, 0.15) is 6.04 Å². The average Bonchev–Trinajstić information content (AvgIpc) is 2.42. The van der Waals surface area contributed by atoms with Crippen LogP contribution in [0.2, 0.25) is 0 Å². The molecular formula is C14H20N2O2. The number of nitrogens with zero attached hydrogens (tertiary/aromatic N) is 1. The highest BCUT2D eigenvalue weighted by atomic mass is 16.5. The SMILES string of the molecule is CCCOc1ccc(C(C#N)NCC)cc1OC. The Hall–Kier alpha value is -1.73. The molecule has 1 atom stereocenters. The third-order valence-corrected chi connectivity index (χ3v) is 2.52. The first-order valence-electron chi connectivity index (χ1n) is 6.20. The summed E-state index contributed by atoms with van der Waals surface area (Å²) in [7, 11) is 1.60. The highest BCUT2D eigenvalue weighted by molar-refractivity contribution is 5.44. The van der Waals surface area contributed by atoms with Crippen LogP contribution >= 0.6 is 0 Å². The molecule has 1 aromatic carbocycles. The van der Waals surface area contributed by atoms with Gasteiger partial charge in [-0.15, -0.1) is 0 Å². The molecule has 0 aliphatic rings. The van der Waals surface area contributed by atoms with Crippen LogP contribution < -0.4 is 14.8 Å². The summed E-state index contributed by atoms with van der Waals surface area (Å²) >= 11 is 0. The minimum absolute atomic E-state index is 0.316. The fourth-order valence-corrected chi connectivity index (χ4v) is 1.64. The second kappa shape index (κ2) is 7.57. The van der Waals surface area contributed by atoms with Gasteiger partial charge in [0.05, 0.1) is 19.8 Å². The summed E-state index contributed by atoms with van der Waals surface area (Å²) in [4.78, 5) is 0. The number of rotatable bonds is 7. The molecule has 98 valence electrons. The van der Waals surface area contributed by atoms with Gasteiger partial charge in [0, 0.05) is 0 Å². The second-order valence-electron chi connectivity index (χ2n) is 3.88. The van der Waals surface area contributed by atoms with E-state index < -0.39 is 0 Å². The minimum Gasteiger partial charge on any atom is -0.493 e. The zero-order valence-corrected chi connectivity index (χ0v) is 11.2. The predicted molar refractivity (Wildman–Crippen MR) is 70.8 cm³/mol. The third-order valence-electron chi connectivity index (χ3n) is 2.52. The fraction of sp³-hybridized carbons (Fsp3) is 0.500. The van der Waals surface area contributed by atoms with Crippen LogP contribution in [0.25, 0.3) is 0 Å². The van der Waals surface area contributed by atoms with E-state index in [1.54, 1.807) is 7.11 Å². The number of nitrogens with one attached hydrogen (secondary N) is 1. The Kier molecular flexibility index (Phi) is 6.03. The molecule has 4 nitrogen and oxygen atoms in total. The van der Waals surface area contributed by atoms with Crippen LogP contribution in [0.1, 0.15) is 31.9 Å². The maximum absolute atomic E-state index is 9.10. The van der Waals surface area contributed by atoms with E-state index in [9.17, 15) is 0 Å². The number of ether oxygens (including phenoxy) is 2. The zero-order chi connectivity index (χ0) is 13.4. The van der Waals surface area contributed by atoms with E-state index >= 15 is 0 Å². The Morgan fingerprint density at radius 1 is 1.33 bits per heavy atom. The molecule has 0 saturated heterocycles. The van der Waals surface area contributed by atoms with E-state index in [4.69, 9.17) is 14.7 Å². The molecule has 1 rings (SSSR count). The number of nitriles is 1. The standard InChI is InChI=1S/C14H20N2O2/c1-4-8-18-13-7-6-11(9-14(13)17-3)12(10-15)16-5-2/h6-7,9,12,16H,4-5,8H2,1-3H3. The quantitative estimate of drug-likeness (QED) is 0.806. The summed E-state index contributed by atoms with van der Waals surface area (Å²) in [5, 5.41) is 12.2. The Balaban J connectivity index is 2.93. The van der Waals surface area contributed by atoms with E-state index in [0.29, 0.717) is 12.4 Å². The molecule has 0 radical (unpaired) electrons. The molecule has 0 aliphatic heterocycles. The van der Waals surface area contributed by atoms with Crippen LogP contribution in [0.4, 0.5) is 0 Å². The van der Waals surface area contributed by atoms with Gasteiger partial charge in [-0.05, 0) is 30.7 Å². The van der Waals surface area contributed by atoms with Crippen molar-refractivity contribution in [3.8, 4) is 17.6 Å². The van der Waals surface area contributed by atoms with E-state index in [-0.39, 0.29) is 6.04 Å². The number of benzene rings is 1. The lowest BCUT2D eigenvalue weighted by Crippen LogP contribution is -2.19. The van der Waals surface area contributed by atoms with Crippen molar-refractivity contribution in [2.45, 2.75) is 26.3 Å². The van der Waals surface area contributed by atoms with Crippen molar-refractivity contribution in [2.75, 3.05) is 20.3 Å². The van der Waals surface area contributed by atoms with Crippen LogP contribution in [0.15, 0.2) is 18.2 Å². The summed E-state index contributed by atoms with van der Waals surface area (Å²) in [6, 6.07) is 7.50. The van der Waals surface area contributed by atoms with Gasteiger partial charge >= 0.3 is 0 Å². The topological polar surface area (TPSA) is 54.3 Å². The molecule has 18 heavy (non-hydrogen) atoms. The molecular weight excluding hydrogens is 228 g/mol. The minimum atomic E-state index is -0.316. The Labute approximate surface area is 109 Å². The van der Waals surface area contributed by atoms with Crippen molar-refractivity contribution in [1.82, 2.24) is 5.32 Å². The normalized spacial score (nSPS) is 11.7. The molecule has 1 unspecified atom stereocenters. The first-order chi connectivity index (χ1) is 8.76. The Morgan fingerprint density at radius 3 is 2.67 bits per heavy atom. The van der Waals surface area contributed by atoms with Crippen LogP contribution in [-0.4, -0.2) is 20.3 Å². The van der Waals surface area contributed by atoms with E-state index in [1.165, 1.54) is 0 Å². The van der Waals surface area contributed by atoms with Crippen LogP contribution in [0.5, 0.6) is 11.5 Å². The molecule has 0 heterocycles. The first kappa shape index (κ1) is 14.3. The summed E-state index contributed by atoms with van der Waals surface area (Å²) in [6.07, 6.45) is 0.948. The lowest BCUT2D eigenvalue weighted by molar-refractivity contribution is 0.294. The maximum Gasteiger partial charge on any atom is 0.161 e. The highest BCUT2D eigenvalue weighted by Gasteiger charge is 2.12. The van der Waals surface area contributed by atoms with Gasteiger partial charge in [0.25, 0.3) is 0 Å². The van der Waals surface area contributed by atoms with E-state index in [0.717, 1.165) is 24.3 Å². The smallest absolute Gasteiger partial charge is 0.161 e. The van der Waals surface area contributed by atoms with Crippen molar-refractivity contribution in [1.29, 1.82) is 5.26 Å². The summed E-state index contributed by atoms with van der Waals surface area (Å²) in [5.74, 6) is 1.38. The van der Waals surface area contributed by atoms with Gasteiger partial charge in [-0.1, -0.05) is 19.9 Å². The van der Waals surface area contributed by atoms with Gasteiger partial charge in [0.15, 0.2) is 11.5 Å². The van der Waals surface area contributed by atoms with Gasteiger partial charge in [-0.2, -0.15) is 5.26 Å². The molecule has 0 aliphatic carbocycles. The molecule has 0 aromatic heterocycles. The molecule has 0 fully saturated rings. The highest BCUT2D eigenvalue weighted by Crippen LogP contribution is 2.30. The lowest BCUT2D eigenvalue weighted by atomic mass is 10.1. The molecule has 0 spiro atoms. The largest absolute Gasteiger partial charge is 0.493 e. The van der Waals surface area contributed by atoms with Crippen molar-refractivity contribution in [3.05, 3.63) is 23.8 Å². The van der Waals surface area contributed by atoms with Crippen molar-refractivity contribution >= 4 is 0 Å². The van der Waals surface area contributed by atoms with E-state index in [1.807, 2.05) is 25.1 Å². The van der Waals surface area contributed by atoms with Crippen LogP contribution in [0.3, 0.4) is 0 Å². The van der Waals surface area contributed by atoms with Gasteiger partial charge in [-0.25, -0.2) is 0 Å². The molecule has 0 amide bonds. The predicted octanol–water partition coefficient (Wildman–Crippen LogP) is 2.66. The fourth-order valence-electron chi connectivity index (χ4n) is 1.64. The lowest BCUT2D eigenvalue weighted by Gasteiger charge is -2.14. The van der Waals surface area contributed by atoms with Crippen molar-refractivity contribution in [2.24, 2.45) is 0 Å². The Morgan fingerprint density at radius 2 is 2.11 bits per heavy atom. The molecule has 1 aromatic rings. The molecule has 0 saturated carbocycles. The molecule has 0 bridgehead atoms. The van der Waals surface area contributed by atoms with Gasteiger partial charge < -0.3 is 9.47 Å². The van der Waals surface area contributed by atoms with Crippen molar-refractivity contribution < 1.29 is 9.47 Å². The molecule has 1 N–H and O–H groups in total.